The van der Waals surface area contributed by atoms with Gasteiger partial charge in [0.1, 0.15) is 7.05 Å². The maximum Gasteiger partial charge on any atom is 0.214 e. The summed E-state index contributed by atoms with van der Waals surface area (Å²) in [4.78, 5) is 4.54. The molecule has 0 unspecified atom stereocenters. The zero-order valence-corrected chi connectivity index (χ0v) is 21.9. The first-order valence-electron chi connectivity index (χ1n) is 10.6. The topological polar surface area (TPSA) is 121 Å². The van der Waals surface area contributed by atoms with Crippen LogP contribution in [0.2, 0.25) is 0 Å². The van der Waals surface area contributed by atoms with Gasteiger partial charge in [0.2, 0.25) is 11.0 Å². The number of fused-ring (bicyclic) bond motifs is 4. The molecule has 6 nitrogen and oxygen atoms in total. The number of pyridine rings is 2. The number of rotatable bonds is 0. The third-order valence-corrected chi connectivity index (χ3v) is 5.80. The van der Waals surface area contributed by atoms with Gasteiger partial charge in [-0.2, -0.15) is 4.57 Å². The molecule has 0 fully saturated rings. The number of hydrogen-bond donors (Lipinski definition) is 4. The van der Waals surface area contributed by atoms with Crippen molar-refractivity contribution in [2.24, 2.45) is 7.05 Å². The van der Waals surface area contributed by atoms with Crippen molar-refractivity contribution in [1.29, 1.82) is 0 Å². The lowest BCUT2D eigenvalue weighted by Gasteiger charge is -2.03. The highest BCUT2D eigenvalue weighted by Gasteiger charge is 2.11. The van der Waals surface area contributed by atoms with Gasteiger partial charge < -0.3 is 35.3 Å². The first-order valence-corrected chi connectivity index (χ1v) is 10.6. The summed E-state index contributed by atoms with van der Waals surface area (Å²) in [6.07, 6.45) is 0. The number of aromatic nitrogens is 2. The Morgan fingerprint density at radius 2 is 0.833 bits per heavy atom. The van der Waals surface area contributed by atoms with Crippen LogP contribution >= 0.6 is 24.8 Å². The van der Waals surface area contributed by atoms with E-state index < -0.39 is 0 Å². The summed E-state index contributed by atoms with van der Waals surface area (Å²) in [5, 5.41) is 4.54. The molecular formula is C27H27Cl3N6. The molecule has 8 N–H and O–H groups in total. The lowest BCUT2D eigenvalue weighted by molar-refractivity contribution is -0.617. The molecular weight excluding hydrogens is 515 g/mol. The van der Waals surface area contributed by atoms with Crippen LogP contribution in [0.3, 0.4) is 0 Å². The molecule has 2 heterocycles. The fraction of sp³-hybridized carbons (Fsp3) is 0.0370. The second-order valence-corrected chi connectivity index (χ2v) is 8.23. The molecule has 0 bridgehead atoms. The van der Waals surface area contributed by atoms with E-state index >= 15 is 0 Å². The third kappa shape index (κ3) is 5.57. The minimum Gasteiger partial charge on any atom is -1.00 e. The Morgan fingerprint density at radius 3 is 1.25 bits per heavy atom. The van der Waals surface area contributed by atoms with Gasteiger partial charge >= 0.3 is 0 Å². The Morgan fingerprint density at radius 1 is 0.500 bits per heavy atom. The number of benzene rings is 4. The van der Waals surface area contributed by atoms with E-state index in [2.05, 4.69) is 21.7 Å². The summed E-state index contributed by atoms with van der Waals surface area (Å²) >= 11 is 0. The number of nitrogen functional groups attached to an aromatic ring is 4. The van der Waals surface area contributed by atoms with Crippen molar-refractivity contribution in [3.05, 3.63) is 84.9 Å². The Bertz CT molecular complexity index is 1570. The number of halogens is 3. The summed E-state index contributed by atoms with van der Waals surface area (Å²) in [5.74, 6) is 0. The van der Waals surface area contributed by atoms with Gasteiger partial charge in [-0.15, -0.1) is 24.8 Å². The molecule has 0 aliphatic rings. The van der Waals surface area contributed by atoms with Crippen molar-refractivity contribution in [3.8, 4) is 0 Å². The normalized spacial score (nSPS) is 10.1. The minimum absolute atomic E-state index is 0. The van der Waals surface area contributed by atoms with Crippen LogP contribution in [0.25, 0.3) is 43.6 Å². The largest absolute Gasteiger partial charge is 1.00 e. The SMILES string of the molecule is C[n+]1c2cc(N)ccc2cc2ccc(N)cc21.Cl.Cl.Nc1ccc2cc3ccc(N)cc3nc2c1.[Cl-]. The zero-order chi connectivity index (χ0) is 23.1. The van der Waals surface area contributed by atoms with E-state index in [0.29, 0.717) is 0 Å². The van der Waals surface area contributed by atoms with E-state index in [9.17, 15) is 0 Å². The molecule has 0 aliphatic heterocycles. The van der Waals surface area contributed by atoms with Crippen LogP contribution in [0.4, 0.5) is 22.7 Å². The predicted molar refractivity (Wildman–Crippen MR) is 154 cm³/mol. The van der Waals surface area contributed by atoms with Gasteiger partial charge in [-0.3, -0.25) is 0 Å². The molecule has 0 saturated heterocycles. The van der Waals surface area contributed by atoms with E-state index in [1.807, 2.05) is 79.8 Å². The fourth-order valence-electron chi connectivity index (χ4n) is 4.10. The second-order valence-electron chi connectivity index (χ2n) is 8.23. The molecule has 2 aromatic heterocycles. The molecule has 0 radical (unpaired) electrons. The third-order valence-electron chi connectivity index (χ3n) is 5.80. The predicted octanol–water partition coefficient (Wildman–Crippen LogP) is 2.38. The Balaban J connectivity index is 0.000000234. The van der Waals surface area contributed by atoms with Crippen molar-refractivity contribution >= 4 is 91.2 Å². The average molecular weight is 542 g/mol. The van der Waals surface area contributed by atoms with Crippen LogP contribution in [-0.2, 0) is 7.05 Å². The Labute approximate surface area is 227 Å². The molecule has 4 aromatic carbocycles. The Kier molecular flexibility index (Phi) is 8.99. The van der Waals surface area contributed by atoms with Gasteiger partial charge in [0.25, 0.3) is 0 Å². The van der Waals surface area contributed by atoms with E-state index in [1.165, 1.54) is 10.8 Å². The summed E-state index contributed by atoms with van der Waals surface area (Å²) in [5.41, 5.74) is 30.2. The molecule has 0 aliphatic carbocycles. The minimum atomic E-state index is 0. The smallest absolute Gasteiger partial charge is 0.214 e. The van der Waals surface area contributed by atoms with Crippen molar-refractivity contribution in [2.45, 2.75) is 0 Å². The monoisotopic (exact) mass is 540 g/mol. The van der Waals surface area contributed by atoms with Gasteiger partial charge in [0.15, 0.2) is 0 Å². The number of anilines is 4. The van der Waals surface area contributed by atoms with Gasteiger partial charge in [-0.05, 0) is 60.7 Å². The standard InChI is InChI=1S/C14H13N3.C13H11N3.3ClH/c1-17-13-7-11(15)4-2-9(13)6-10-3-5-12(16)8-14(10)17;14-10-3-1-8-5-9-2-4-11(15)7-13(9)16-12(8)6-10;;;/h2-8H,1H3,(H3,15,16);1-7H,14-15H2;3*1H. The highest BCUT2D eigenvalue weighted by atomic mass is 35.5. The van der Waals surface area contributed by atoms with Crippen LogP contribution in [0.15, 0.2) is 84.9 Å². The fourth-order valence-corrected chi connectivity index (χ4v) is 4.10. The van der Waals surface area contributed by atoms with Gasteiger partial charge in [0.05, 0.1) is 11.0 Å². The summed E-state index contributed by atoms with van der Waals surface area (Å²) in [7, 11) is 2.03. The van der Waals surface area contributed by atoms with Gasteiger partial charge in [-0.25, -0.2) is 4.98 Å². The molecule has 6 aromatic rings. The van der Waals surface area contributed by atoms with Crippen molar-refractivity contribution < 1.29 is 17.0 Å². The average Bonchev–Trinajstić information content (AvgIpc) is 2.79. The molecule has 36 heavy (non-hydrogen) atoms. The Hall–Kier alpha value is -3.71. The second kappa shape index (κ2) is 11.4. The molecule has 9 heteroatoms. The van der Waals surface area contributed by atoms with Crippen molar-refractivity contribution in [3.63, 3.8) is 0 Å². The summed E-state index contributed by atoms with van der Waals surface area (Å²) in [6.45, 7) is 0. The van der Waals surface area contributed by atoms with Crippen molar-refractivity contribution in [2.75, 3.05) is 22.9 Å². The van der Waals surface area contributed by atoms with Crippen LogP contribution in [-0.4, -0.2) is 4.98 Å². The van der Waals surface area contributed by atoms with Gasteiger partial charge in [0, 0.05) is 56.4 Å². The quantitative estimate of drug-likeness (QED) is 0.134. The number of nitrogens with two attached hydrogens (primary N) is 4. The maximum absolute atomic E-state index is 5.83. The van der Waals surface area contributed by atoms with Crippen LogP contribution in [0.5, 0.6) is 0 Å². The number of hydrogen-bond acceptors (Lipinski definition) is 5. The van der Waals surface area contributed by atoms with E-state index in [1.54, 1.807) is 0 Å². The van der Waals surface area contributed by atoms with Crippen LogP contribution < -0.4 is 39.9 Å². The van der Waals surface area contributed by atoms with E-state index in [4.69, 9.17) is 22.9 Å². The van der Waals surface area contributed by atoms with Crippen LogP contribution in [0, 0.1) is 0 Å². The van der Waals surface area contributed by atoms with E-state index in [0.717, 1.165) is 55.6 Å². The van der Waals surface area contributed by atoms with Gasteiger partial charge in [-0.1, -0.05) is 12.1 Å². The summed E-state index contributed by atoms with van der Waals surface area (Å²) < 4.78 is 2.12. The molecule has 0 atom stereocenters. The maximum atomic E-state index is 5.83. The molecule has 0 spiro atoms. The van der Waals surface area contributed by atoms with Crippen LogP contribution in [0.1, 0.15) is 0 Å². The lowest BCUT2D eigenvalue weighted by Crippen LogP contribution is -3.00. The first-order chi connectivity index (χ1) is 15.9. The lowest BCUT2D eigenvalue weighted by atomic mass is 10.1. The van der Waals surface area contributed by atoms with E-state index in [-0.39, 0.29) is 37.2 Å². The first kappa shape index (κ1) is 28.5. The zero-order valence-electron chi connectivity index (χ0n) is 19.5. The molecule has 0 amide bonds. The highest BCUT2D eigenvalue weighted by molar-refractivity contribution is 5.95. The number of nitrogens with zero attached hydrogens (tertiary/aromatic N) is 2. The molecule has 6 rings (SSSR count). The van der Waals surface area contributed by atoms with Crippen molar-refractivity contribution in [1.82, 2.24) is 4.98 Å². The molecule has 186 valence electrons. The summed E-state index contributed by atoms with van der Waals surface area (Å²) in [6, 6.07) is 27.6. The number of aryl methyl sites for hydroxylation is 1. The highest BCUT2D eigenvalue weighted by Crippen LogP contribution is 2.23. The molecule has 0 saturated carbocycles.